The second kappa shape index (κ2) is 7.25. The molecule has 0 aliphatic carbocycles. The van der Waals surface area contributed by atoms with Crippen molar-refractivity contribution in [3.8, 4) is 0 Å². The zero-order chi connectivity index (χ0) is 7.82. The van der Waals surface area contributed by atoms with Gasteiger partial charge in [-0.15, -0.1) is 23.5 Å². The van der Waals surface area contributed by atoms with Crippen LogP contribution >= 0.6 is 23.5 Å². The summed E-state index contributed by atoms with van der Waals surface area (Å²) in [6.07, 6.45) is -0.244. The average Bonchev–Trinajstić information content (AvgIpc) is 1.97. The topological polar surface area (TPSA) is 20.2 Å². The number of aliphatic hydroxyl groups is 1. The fourth-order valence-electron chi connectivity index (χ4n) is 0.406. The summed E-state index contributed by atoms with van der Waals surface area (Å²) >= 11 is 3.07. The van der Waals surface area contributed by atoms with E-state index in [2.05, 4.69) is 13.2 Å². The summed E-state index contributed by atoms with van der Waals surface area (Å²) in [6.45, 7) is 7.08. The molecule has 1 nitrogen and oxygen atoms in total. The second-order valence-electron chi connectivity index (χ2n) is 1.65. The van der Waals surface area contributed by atoms with Gasteiger partial charge < -0.3 is 5.11 Å². The van der Waals surface area contributed by atoms with Gasteiger partial charge in [-0.05, 0) is 10.8 Å². The number of rotatable bonds is 6. The number of hydrogen-bond acceptors (Lipinski definition) is 3. The third-order valence-electron chi connectivity index (χ3n) is 0.813. The maximum atomic E-state index is 9.17. The van der Waals surface area contributed by atoms with Gasteiger partial charge in [0.1, 0.15) is 0 Å². The van der Waals surface area contributed by atoms with Crippen molar-refractivity contribution < 1.29 is 5.11 Å². The van der Waals surface area contributed by atoms with Crippen LogP contribution in [-0.4, -0.2) is 22.7 Å². The van der Waals surface area contributed by atoms with E-state index in [1.54, 1.807) is 10.8 Å². The highest BCUT2D eigenvalue weighted by Crippen LogP contribution is 2.08. The zero-order valence-corrected chi connectivity index (χ0v) is 7.46. The van der Waals surface area contributed by atoms with Gasteiger partial charge in [0.2, 0.25) is 0 Å². The van der Waals surface area contributed by atoms with Crippen molar-refractivity contribution in [1.82, 2.24) is 0 Å². The molecule has 58 valence electrons. The van der Waals surface area contributed by atoms with Crippen molar-refractivity contribution in [2.45, 2.75) is 6.10 Å². The molecule has 0 radical (unpaired) electrons. The predicted octanol–water partition coefficient (Wildman–Crippen LogP) is 2.10. The summed E-state index contributed by atoms with van der Waals surface area (Å²) in [5, 5.41) is 12.6. The Labute approximate surface area is 70.6 Å². The minimum Gasteiger partial charge on any atom is -0.391 e. The molecule has 0 aromatic heterocycles. The summed E-state index contributed by atoms with van der Waals surface area (Å²) < 4.78 is 0. The molecule has 10 heavy (non-hydrogen) atoms. The lowest BCUT2D eigenvalue weighted by Crippen LogP contribution is -2.11. The van der Waals surface area contributed by atoms with Crippen LogP contribution < -0.4 is 0 Å². The summed E-state index contributed by atoms with van der Waals surface area (Å²) in [5.74, 6) is 1.45. The molecule has 0 heterocycles. The molecule has 1 N–H and O–H groups in total. The van der Waals surface area contributed by atoms with Gasteiger partial charge in [0.05, 0.1) is 6.10 Å². The van der Waals surface area contributed by atoms with E-state index in [-0.39, 0.29) is 6.10 Å². The lowest BCUT2D eigenvalue weighted by Gasteiger charge is -2.04. The molecule has 0 bridgehead atoms. The lowest BCUT2D eigenvalue weighted by molar-refractivity contribution is 0.225. The number of thioether (sulfide) groups is 2. The first-order valence-electron chi connectivity index (χ1n) is 2.94. The Morgan fingerprint density at radius 3 is 1.90 bits per heavy atom. The molecule has 0 spiro atoms. The van der Waals surface area contributed by atoms with Crippen molar-refractivity contribution in [2.75, 3.05) is 11.5 Å². The quantitative estimate of drug-likeness (QED) is 0.669. The van der Waals surface area contributed by atoms with Crippen LogP contribution in [0.5, 0.6) is 0 Å². The SMILES string of the molecule is C=CSCC(O)CSC=C. The molecule has 0 saturated carbocycles. The molecule has 3 heteroatoms. The molecule has 0 fully saturated rings. The van der Waals surface area contributed by atoms with Crippen LogP contribution in [0, 0.1) is 0 Å². The third kappa shape index (κ3) is 6.26. The van der Waals surface area contributed by atoms with E-state index in [0.717, 1.165) is 11.5 Å². The van der Waals surface area contributed by atoms with Crippen LogP contribution in [0.15, 0.2) is 24.0 Å². The molecule has 0 unspecified atom stereocenters. The largest absolute Gasteiger partial charge is 0.391 e. The molecule has 0 aliphatic rings. The smallest absolute Gasteiger partial charge is 0.0727 e. The van der Waals surface area contributed by atoms with Gasteiger partial charge in [0.25, 0.3) is 0 Å². The summed E-state index contributed by atoms with van der Waals surface area (Å²) in [6, 6.07) is 0. The Kier molecular flexibility index (Phi) is 7.35. The van der Waals surface area contributed by atoms with E-state index in [0.29, 0.717) is 0 Å². The van der Waals surface area contributed by atoms with Crippen LogP contribution in [0.1, 0.15) is 0 Å². The first-order valence-corrected chi connectivity index (χ1v) is 5.04. The Balaban J connectivity index is 3.15. The number of aliphatic hydroxyl groups excluding tert-OH is 1. The minimum absolute atomic E-state index is 0.244. The molecule has 0 aliphatic heterocycles. The maximum absolute atomic E-state index is 9.17. The van der Waals surface area contributed by atoms with Crippen LogP contribution in [-0.2, 0) is 0 Å². The minimum atomic E-state index is -0.244. The molecular weight excluding hydrogens is 164 g/mol. The molecule has 0 aromatic rings. The third-order valence-corrected chi connectivity index (χ3v) is 2.44. The standard InChI is InChI=1S/C7H12OS2/c1-3-9-5-7(8)6-10-4-2/h3-4,7-8H,1-2,5-6H2. The first kappa shape index (κ1) is 10.1. The zero-order valence-electron chi connectivity index (χ0n) is 5.82. The van der Waals surface area contributed by atoms with Crippen LogP contribution in [0.2, 0.25) is 0 Å². The molecule has 0 rings (SSSR count). The van der Waals surface area contributed by atoms with Gasteiger partial charge in [0, 0.05) is 11.5 Å². The van der Waals surface area contributed by atoms with Gasteiger partial charge in [-0.3, -0.25) is 0 Å². The Morgan fingerprint density at radius 1 is 1.20 bits per heavy atom. The predicted molar refractivity (Wildman–Crippen MR) is 51.3 cm³/mol. The van der Waals surface area contributed by atoms with Crippen molar-refractivity contribution in [2.24, 2.45) is 0 Å². The van der Waals surface area contributed by atoms with E-state index in [1.807, 2.05) is 0 Å². The average molecular weight is 176 g/mol. The fraction of sp³-hybridized carbons (Fsp3) is 0.429. The molecule has 0 aromatic carbocycles. The van der Waals surface area contributed by atoms with Crippen molar-refractivity contribution in [3.05, 3.63) is 24.0 Å². The molecule has 0 amide bonds. The van der Waals surface area contributed by atoms with Crippen LogP contribution in [0.3, 0.4) is 0 Å². The van der Waals surface area contributed by atoms with Gasteiger partial charge in [0.15, 0.2) is 0 Å². The van der Waals surface area contributed by atoms with E-state index >= 15 is 0 Å². The van der Waals surface area contributed by atoms with Crippen molar-refractivity contribution >= 4 is 23.5 Å². The van der Waals surface area contributed by atoms with E-state index in [9.17, 15) is 5.11 Å². The lowest BCUT2D eigenvalue weighted by atomic mass is 10.5. The van der Waals surface area contributed by atoms with Gasteiger partial charge >= 0.3 is 0 Å². The van der Waals surface area contributed by atoms with Gasteiger partial charge in [-0.25, -0.2) is 0 Å². The van der Waals surface area contributed by atoms with E-state index in [4.69, 9.17) is 0 Å². The molecule has 0 atom stereocenters. The Morgan fingerprint density at radius 2 is 1.60 bits per heavy atom. The highest BCUT2D eigenvalue weighted by Gasteiger charge is 2.00. The first-order chi connectivity index (χ1) is 4.81. The number of hydrogen-bond donors (Lipinski definition) is 1. The normalized spacial score (nSPS) is 9.80. The van der Waals surface area contributed by atoms with E-state index < -0.39 is 0 Å². The van der Waals surface area contributed by atoms with Crippen molar-refractivity contribution in [3.63, 3.8) is 0 Å². The summed E-state index contributed by atoms with van der Waals surface area (Å²) in [5.41, 5.74) is 0. The Hall–Kier alpha value is 0.140. The molecular formula is C7H12OS2. The maximum Gasteiger partial charge on any atom is 0.0727 e. The highest BCUT2D eigenvalue weighted by atomic mass is 32.2. The van der Waals surface area contributed by atoms with Crippen molar-refractivity contribution in [1.29, 1.82) is 0 Å². The monoisotopic (exact) mass is 176 g/mol. The Bertz CT molecular complexity index is 91.8. The fourth-order valence-corrected chi connectivity index (χ4v) is 1.51. The van der Waals surface area contributed by atoms with Crippen LogP contribution in [0.4, 0.5) is 0 Å². The molecule has 0 saturated heterocycles. The van der Waals surface area contributed by atoms with Gasteiger partial charge in [-0.2, -0.15) is 0 Å². The highest BCUT2D eigenvalue weighted by molar-refractivity contribution is 8.03. The summed E-state index contributed by atoms with van der Waals surface area (Å²) in [4.78, 5) is 0. The van der Waals surface area contributed by atoms with Gasteiger partial charge in [-0.1, -0.05) is 13.2 Å². The second-order valence-corrected chi connectivity index (χ2v) is 3.65. The van der Waals surface area contributed by atoms with Crippen LogP contribution in [0.25, 0.3) is 0 Å². The summed E-state index contributed by atoms with van der Waals surface area (Å²) in [7, 11) is 0. The van der Waals surface area contributed by atoms with E-state index in [1.165, 1.54) is 23.5 Å².